The topological polar surface area (TPSA) is 108 Å². The minimum atomic E-state index is -4.60. The van der Waals surface area contributed by atoms with Gasteiger partial charge >= 0.3 is 0 Å². The van der Waals surface area contributed by atoms with Crippen molar-refractivity contribution in [2.75, 3.05) is 40.9 Å². The molecular formula is C40H73N2O6P. The number of phosphoric acid groups is 1. The molecule has 0 aliphatic heterocycles. The van der Waals surface area contributed by atoms with E-state index >= 15 is 0 Å². The van der Waals surface area contributed by atoms with Crippen LogP contribution in [0.5, 0.6) is 0 Å². The van der Waals surface area contributed by atoms with Crippen molar-refractivity contribution < 1.29 is 32.9 Å². The zero-order chi connectivity index (χ0) is 36.5. The summed E-state index contributed by atoms with van der Waals surface area (Å²) in [6.07, 6.45) is 39.8. The monoisotopic (exact) mass is 709 g/mol. The lowest BCUT2D eigenvalue weighted by Gasteiger charge is -2.29. The second-order valence-corrected chi connectivity index (χ2v) is 15.3. The Morgan fingerprint density at radius 1 is 0.714 bits per heavy atom. The van der Waals surface area contributed by atoms with Gasteiger partial charge in [0.05, 0.1) is 39.9 Å². The summed E-state index contributed by atoms with van der Waals surface area (Å²) >= 11 is 0. The number of likely N-dealkylation sites (N-methyl/N-ethyl adjacent to an activating group) is 1. The Morgan fingerprint density at radius 2 is 1.22 bits per heavy atom. The maximum absolute atomic E-state index is 12.8. The first-order valence-corrected chi connectivity index (χ1v) is 20.6. The van der Waals surface area contributed by atoms with Gasteiger partial charge in [-0.2, -0.15) is 0 Å². The molecule has 0 heterocycles. The number of aliphatic hydroxyl groups excluding tert-OH is 1. The normalized spacial score (nSPS) is 15.3. The molecule has 1 amide bonds. The lowest BCUT2D eigenvalue weighted by molar-refractivity contribution is -0.870. The summed E-state index contributed by atoms with van der Waals surface area (Å²) in [4.78, 5) is 25.1. The first kappa shape index (κ1) is 47.2. The van der Waals surface area contributed by atoms with Crippen LogP contribution in [0.2, 0.25) is 0 Å². The zero-order valence-corrected chi connectivity index (χ0v) is 32.8. The second kappa shape index (κ2) is 32.1. The van der Waals surface area contributed by atoms with Crippen LogP contribution in [0.3, 0.4) is 0 Å². The first-order valence-electron chi connectivity index (χ1n) is 19.2. The van der Waals surface area contributed by atoms with E-state index in [9.17, 15) is 19.4 Å². The number of quaternary nitrogens is 1. The number of carbonyl (C=O) groups is 1. The van der Waals surface area contributed by atoms with Gasteiger partial charge in [0.1, 0.15) is 13.2 Å². The van der Waals surface area contributed by atoms with Gasteiger partial charge < -0.3 is 28.8 Å². The van der Waals surface area contributed by atoms with Gasteiger partial charge in [-0.25, -0.2) is 0 Å². The van der Waals surface area contributed by atoms with Crippen LogP contribution in [0, 0.1) is 0 Å². The standard InChI is InChI=1S/C40H73N2O6P/c1-6-8-10-12-14-16-18-20-22-24-26-28-30-32-34-40(44)41-38(37-48-49(45,46)47-36-35-42(3,4)5)39(43)33-31-29-27-25-23-21-19-17-15-13-11-9-7-2/h12,14-15,17-18,20,23,25,31,33,38-39,43H,6-11,13,16,19,21-22,24,26-30,32,34-37H2,1-5H3,(H-,41,44,45,46)/b14-12-,17-15+,20-18-,25-23+,33-31+. The van der Waals surface area contributed by atoms with Crippen molar-refractivity contribution in [3.05, 3.63) is 60.8 Å². The number of amides is 1. The molecule has 8 nitrogen and oxygen atoms in total. The van der Waals surface area contributed by atoms with Crippen molar-refractivity contribution in [3.63, 3.8) is 0 Å². The number of aliphatic hydroxyl groups is 1. The van der Waals surface area contributed by atoms with Gasteiger partial charge in [0, 0.05) is 6.42 Å². The minimum absolute atomic E-state index is 0.0146. The Balaban J connectivity index is 4.66. The third-order valence-electron chi connectivity index (χ3n) is 7.93. The highest BCUT2D eigenvalue weighted by Gasteiger charge is 2.23. The van der Waals surface area contributed by atoms with Crippen molar-refractivity contribution in [3.8, 4) is 0 Å². The van der Waals surface area contributed by atoms with E-state index in [1.54, 1.807) is 6.08 Å². The van der Waals surface area contributed by atoms with Crippen molar-refractivity contribution in [1.82, 2.24) is 5.32 Å². The number of rotatable bonds is 33. The van der Waals surface area contributed by atoms with Crippen LogP contribution in [-0.4, -0.2) is 68.5 Å². The Bertz CT molecular complexity index is 986. The lowest BCUT2D eigenvalue weighted by Crippen LogP contribution is -2.45. The highest BCUT2D eigenvalue weighted by molar-refractivity contribution is 7.45. The third-order valence-corrected chi connectivity index (χ3v) is 8.89. The molecule has 0 bridgehead atoms. The average Bonchev–Trinajstić information content (AvgIpc) is 3.04. The Hall–Kier alpha value is -1.80. The molecular weight excluding hydrogens is 635 g/mol. The molecule has 9 heteroatoms. The lowest BCUT2D eigenvalue weighted by atomic mass is 10.1. The number of phosphoric ester groups is 1. The molecule has 0 fully saturated rings. The van der Waals surface area contributed by atoms with E-state index in [-0.39, 0.29) is 12.5 Å². The summed E-state index contributed by atoms with van der Waals surface area (Å²) in [6.45, 7) is 4.49. The van der Waals surface area contributed by atoms with Crippen LogP contribution in [0.4, 0.5) is 0 Å². The van der Waals surface area contributed by atoms with E-state index in [0.717, 1.165) is 77.0 Å². The molecule has 0 aromatic carbocycles. The Morgan fingerprint density at radius 3 is 1.84 bits per heavy atom. The molecule has 0 rings (SSSR count). The molecule has 0 radical (unpaired) electrons. The summed E-state index contributed by atoms with van der Waals surface area (Å²) in [5, 5.41) is 13.7. The van der Waals surface area contributed by atoms with Crippen LogP contribution < -0.4 is 10.2 Å². The highest BCUT2D eigenvalue weighted by Crippen LogP contribution is 2.38. The molecule has 0 saturated heterocycles. The number of unbranched alkanes of at least 4 members (excludes halogenated alkanes) is 12. The molecule has 3 atom stereocenters. The number of hydrogen-bond donors (Lipinski definition) is 2. The van der Waals surface area contributed by atoms with Crippen LogP contribution in [0.15, 0.2) is 60.8 Å². The number of hydrogen-bond acceptors (Lipinski definition) is 6. The van der Waals surface area contributed by atoms with Crippen LogP contribution in [0.25, 0.3) is 0 Å². The summed E-state index contributed by atoms with van der Waals surface area (Å²) < 4.78 is 23.0. The van der Waals surface area contributed by atoms with Gasteiger partial charge in [0.25, 0.3) is 7.82 Å². The Kier molecular flexibility index (Phi) is 31.0. The largest absolute Gasteiger partial charge is 0.756 e. The molecule has 0 saturated carbocycles. The first-order chi connectivity index (χ1) is 23.5. The van der Waals surface area contributed by atoms with E-state index in [4.69, 9.17) is 9.05 Å². The zero-order valence-electron chi connectivity index (χ0n) is 31.9. The molecule has 0 aliphatic rings. The molecule has 0 aliphatic carbocycles. The molecule has 49 heavy (non-hydrogen) atoms. The fraction of sp³-hybridized carbons (Fsp3) is 0.725. The highest BCUT2D eigenvalue weighted by atomic mass is 31.2. The van der Waals surface area contributed by atoms with Gasteiger partial charge in [-0.3, -0.25) is 9.36 Å². The van der Waals surface area contributed by atoms with E-state index in [1.165, 1.54) is 38.5 Å². The maximum atomic E-state index is 12.8. The van der Waals surface area contributed by atoms with Crippen LogP contribution in [-0.2, 0) is 18.4 Å². The van der Waals surface area contributed by atoms with Crippen LogP contribution in [0.1, 0.15) is 136 Å². The van der Waals surface area contributed by atoms with Crippen molar-refractivity contribution in [1.29, 1.82) is 0 Å². The summed E-state index contributed by atoms with van der Waals surface area (Å²) in [5.41, 5.74) is 0. The summed E-state index contributed by atoms with van der Waals surface area (Å²) in [6, 6.07) is -0.916. The SMILES string of the molecule is CCCC/C=C\C/C=C\CCCCCCCC(=O)NC(COP(=O)([O-])OCC[N+](C)(C)C)C(O)/C=C/CC/C=C/CC/C=C/CCCCC. The molecule has 2 N–H and O–H groups in total. The van der Waals surface area contributed by atoms with E-state index < -0.39 is 26.6 Å². The summed E-state index contributed by atoms with van der Waals surface area (Å²) in [7, 11) is 1.21. The number of nitrogens with one attached hydrogen (secondary N) is 1. The molecule has 0 aromatic rings. The molecule has 0 spiro atoms. The van der Waals surface area contributed by atoms with Gasteiger partial charge in [0.2, 0.25) is 5.91 Å². The number of allylic oxidation sites excluding steroid dienone is 9. The van der Waals surface area contributed by atoms with Crippen molar-refractivity contribution in [2.45, 2.75) is 148 Å². The third kappa shape index (κ3) is 34.4. The van der Waals surface area contributed by atoms with Gasteiger partial charge in [0.15, 0.2) is 0 Å². The fourth-order valence-electron chi connectivity index (χ4n) is 4.78. The van der Waals surface area contributed by atoms with Gasteiger partial charge in [-0.15, -0.1) is 0 Å². The van der Waals surface area contributed by atoms with Gasteiger partial charge in [-0.1, -0.05) is 120 Å². The second-order valence-electron chi connectivity index (χ2n) is 13.9. The maximum Gasteiger partial charge on any atom is 0.268 e. The van der Waals surface area contributed by atoms with E-state index in [1.807, 2.05) is 27.2 Å². The van der Waals surface area contributed by atoms with E-state index in [2.05, 4.69) is 67.8 Å². The van der Waals surface area contributed by atoms with Crippen molar-refractivity contribution >= 4 is 13.7 Å². The Labute approximate surface area is 301 Å². The van der Waals surface area contributed by atoms with Crippen molar-refractivity contribution in [2.24, 2.45) is 0 Å². The van der Waals surface area contributed by atoms with E-state index in [0.29, 0.717) is 17.4 Å². The predicted molar refractivity (Wildman–Crippen MR) is 205 cm³/mol. The van der Waals surface area contributed by atoms with Gasteiger partial charge in [-0.05, 0) is 70.6 Å². The molecule has 3 unspecified atom stereocenters. The fourth-order valence-corrected chi connectivity index (χ4v) is 5.51. The number of nitrogens with zero attached hydrogens (tertiary/aromatic N) is 1. The minimum Gasteiger partial charge on any atom is -0.756 e. The quantitative estimate of drug-likeness (QED) is 0.0305. The predicted octanol–water partition coefficient (Wildman–Crippen LogP) is 9.27. The number of carbonyl (C=O) groups excluding carboxylic acids is 1. The average molecular weight is 709 g/mol. The smallest absolute Gasteiger partial charge is 0.268 e. The molecule has 0 aromatic heterocycles. The van der Waals surface area contributed by atoms with Crippen LogP contribution >= 0.6 is 7.82 Å². The summed E-state index contributed by atoms with van der Waals surface area (Å²) in [5.74, 6) is -0.231. The molecule has 284 valence electrons.